The maximum absolute atomic E-state index is 12.2. The lowest BCUT2D eigenvalue weighted by atomic mass is 10.2. The maximum atomic E-state index is 12.2. The van der Waals surface area contributed by atoms with Crippen LogP contribution in [0.3, 0.4) is 0 Å². The highest BCUT2D eigenvalue weighted by Crippen LogP contribution is 2.22. The van der Waals surface area contributed by atoms with E-state index in [-0.39, 0.29) is 17.1 Å². The molecule has 0 aliphatic carbocycles. The Hall–Kier alpha value is -1.90. The highest BCUT2D eigenvalue weighted by atomic mass is 32.2. The van der Waals surface area contributed by atoms with Crippen LogP contribution in [0.1, 0.15) is 11.1 Å². The monoisotopic (exact) mass is 366 g/mol. The van der Waals surface area contributed by atoms with Gasteiger partial charge in [0, 0.05) is 29.7 Å². The Bertz CT molecular complexity index is 808. The van der Waals surface area contributed by atoms with Gasteiger partial charge in [-0.25, -0.2) is 13.1 Å². The van der Waals surface area contributed by atoms with Crippen LogP contribution in [0.4, 0.5) is 5.69 Å². The summed E-state index contributed by atoms with van der Waals surface area (Å²) in [7, 11) is -3.75. The minimum atomic E-state index is -3.75. The predicted molar refractivity (Wildman–Crippen MR) is 95.6 cm³/mol. The van der Waals surface area contributed by atoms with Gasteiger partial charge in [-0.2, -0.15) is 11.8 Å². The minimum Gasteiger partial charge on any atom is -0.258 e. The van der Waals surface area contributed by atoms with E-state index in [1.807, 2.05) is 30.3 Å². The molecule has 2 aromatic rings. The van der Waals surface area contributed by atoms with Gasteiger partial charge in [-0.3, -0.25) is 10.1 Å². The first kappa shape index (κ1) is 18.4. The first-order chi connectivity index (χ1) is 11.4. The summed E-state index contributed by atoms with van der Waals surface area (Å²) in [5, 5.41) is 10.9. The number of nitrogens with one attached hydrogen (secondary N) is 1. The fourth-order valence-electron chi connectivity index (χ4n) is 2.05. The van der Waals surface area contributed by atoms with Gasteiger partial charge in [0.15, 0.2) is 0 Å². The average molecular weight is 366 g/mol. The molecule has 0 aliphatic heterocycles. The highest BCUT2D eigenvalue weighted by Gasteiger charge is 2.19. The van der Waals surface area contributed by atoms with Crippen LogP contribution in [0.25, 0.3) is 0 Å². The van der Waals surface area contributed by atoms with Crippen LogP contribution < -0.4 is 4.72 Å². The van der Waals surface area contributed by atoms with E-state index in [4.69, 9.17) is 0 Å². The molecule has 128 valence electrons. The van der Waals surface area contributed by atoms with Gasteiger partial charge >= 0.3 is 0 Å². The van der Waals surface area contributed by atoms with E-state index in [0.29, 0.717) is 11.3 Å². The third-order valence-corrected chi connectivity index (χ3v) is 5.83. The summed E-state index contributed by atoms with van der Waals surface area (Å²) in [4.78, 5) is 10.3. The molecule has 24 heavy (non-hydrogen) atoms. The highest BCUT2D eigenvalue weighted by molar-refractivity contribution is 7.98. The molecule has 0 spiro atoms. The van der Waals surface area contributed by atoms with Crippen molar-refractivity contribution >= 4 is 27.5 Å². The van der Waals surface area contributed by atoms with Gasteiger partial charge < -0.3 is 0 Å². The quantitative estimate of drug-likeness (QED) is 0.440. The SMILES string of the molecule is Cc1ccc(S(=O)(=O)NCCSCc2ccccc2)cc1[N+](=O)[O-]. The molecule has 0 heterocycles. The van der Waals surface area contributed by atoms with Crippen molar-refractivity contribution in [2.24, 2.45) is 0 Å². The van der Waals surface area contributed by atoms with Gasteiger partial charge in [0.1, 0.15) is 0 Å². The summed E-state index contributed by atoms with van der Waals surface area (Å²) in [5.41, 5.74) is 1.41. The van der Waals surface area contributed by atoms with Crippen LogP contribution in [-0.4, -0.2) is 25.6 Å². The van der Waals surface area contributed by atoms with Gasteiger partial charge in [0.2, 0.25) is 10.0 Å². The molecule has 0 bridgehead atoms. The number of sulfonamides is 1. The lowest BCUT2D eigenvalue weighted by Crippen LogP contribution is -2.26. The molecule has 0 unspecified atom stereocenters. The standard InChI is InChI=1S/C16H18N2O4S2/c1-13-7-8-15(11-16(13)18(19)20)24(21,22)17-9-10-23-12-14-5-3-2-4-6-14/h2-8,11,17H,9-10,12H2,1H3. The Kier molecular flexibility index (Phi) is 6.36. The Morgan fingerprint density at radius 2 is 1.88 bits per heavy atom. The van der Waals surface area contributed by atoms with Gasteiger partial charge in [0.05, 0.1) is 9.82 Å². The van der Waals surface area contributed by atoms with Crippen molar-refractivity contribution in [2.75, 3.05) is 12.3 Å². The average Bonchev–Trinajstić information content (AvgIpc) is 2.55. The molecule has 1 N–H and O–H groups in total. The Morgan fingerprint density at radius 1 is 1.17 bits per heavy atom. The third kappa shape index (κ3) is 5.05. The fraction of sp³-hybridized carbons (Fsp3) is 0.250. The molecule has 2 rings (SSSR count). The number of nitrogens with zero attached hydrogens (tertiary/aromatic N) is 1. The van der Waals surface area contributed by atoms with Crippen molar-refractivity contribution in [3.05, 3.63) is 69.8 Å². The molecular weight excluding hydrogens is 348 g/mol. The van der Waals surface area contributed by atoms with E-state index < -0.39 is 14.9 Å². The van der Waals surface area contributed by atoms with Gasteiger partial charge in [-0.15, -0.1) is 0 Å². The van der Waals surface area contributed by atoms with Crippen molar-refractivity contribution in [3.8, 4) is 0 Å². The number of hydrogen-bond acceptors (Lipinski definition) is 5. The van der Waals surface area contributed by atoms with Crippen LogP contribution in [0.15, 0.2) is 53.4 Å². The van der Waals surface area contributed by atoms with Crippen molar-refractivity contribution in [2.45, 2.75) is 17.6 Å². The van der Waals surface area contributed by atoms with Crippen molar-refractivity contribution < 1.29 is 13.3 Å². The van der Waals surface area contributed by atoms with Crippen molar-refractivity contribution in [1.82, 2.24) is 4.72 Å². The molecule has 0 radical (unpaired) electrons. The van der Waals surface area contributed by atoms with E-state index in [2.05, 4.69) is 4.72 Å². The summed E-state index contributed by atoms with van der Waals surface area (Å²) >= 11 is 1.62. The Morgan fingerprint density at radius 3 is 2.54 bits per heavy atom. The fourth-order valence-corrected chi connectivity index (χ4v) is 4.05. The zero-order valence-electron chi connectivity index (χ0n) is 13.1. The smallest absolute Gasteiger partial charge is 0.258 e. The van der Waals surface area contributed by atoms with Crippen LogP contribution in [0, 0.1) is 17.0 Å². The number of benzene rings is 2. The zero-order valence-corrected chi connectivity index (χ0v) is 14.8. The molecule has 0 aromatic heterocycles. The topological polar surface area (TPSA) is 89.3 Å². The Balaban J connectivity index is 1.89. The van der Waals surface area contributed by atoms with Crippen LogP contribution in [0.2, 0.25) is 0 Å². The van der Waals surface area contributed by atoms with E-state index in [9.17, 15) is 18.5 Å². The van der Waals surface area contributed by atoms with Crippen LogP contribution >= 0.6 is 11.8 Å². The molecule has 6 nitrogen and oxygen atoms in total. The molecular formula is C16H18N2O4S2. The molecule has 0 amide bonds. The summed E-state index contributed by atoms with van der Waals surface area (Å²) < 4.78 is 26.9. The number of hydrogen-bond donors (Lipinski definition) is 1. The molecule has 0 atom stereocenters. The lowest BCUT2D eigenvalue weighted by molar-refractivity contribution is -0.385. The number of nitro groups is 1. The number of rotatable bonds is 8. The number of aryl methyl sites for hydroxylation is 1. The third-order valence-electron chi connectivity index (χ3n) is 3.34. The summed E-state index contributed by atoms with van der Waals surface area (Å²) in [6.07, 6.45) is 0. The Labute approximate surface area is 145 Å². The molecule has 0 saturated carbocycles. The predicted octanol–water partition coefficient (Wildman–Crippen LogP) is 3.11. The van der Waals surface area contributed by atoms with E-state index in [1.54, 1.807) is 18.7 Å². The second kappa shape index (κ2) is 8.27. The van der Waals surface area contributed by atoms with E-state index in [0.717, 1.165) is 11.8 Å². The summed E-state index contributed by atoms with van der Waals surface area (Å²) in [6, 6.07) is 13.8. The summed E-state index contributed by atoms with van der Waals surface area (Å²) in [6.45, 7) is 1.84. The number of nitro benzene ring substituents is 1. The molecule has 0 aliphatic rings. The molecule has 0 fully saturated rings. The van der Waals surface area contributed by atoms with Crippen molar-refractivity contribution in [1.29, 1.82) is 0 Å². The van der Waals surface area contributed by atoms with E-state index in [1.165, 1.54) is 17.7 Å². The largest absolute Gasteiger partial charge is 0.273 e. The van der Waals surface area contributed by atoms with E-state index >= 15 is 0 Å². The second-order valence-electron chi connectivity index (χ2n) is 5.14. The number of thioether (sulfide) groups is 1. The van der Waals surface area contributed by atoms with Crippen LogP contribution in [0.5, 0.6) is 0 Å². The van der Waals surface area contributed by atoms with Crippen LogP contribution in [-0.2, 0) is 15.8 Å². The first-order valence-corrected chi connectivity index (χ1v) is 9.90. The minimum absolute atomic E-state index is 0.0899. The second-order valence-corrected chi connectivity index (χ2v) is 8.01. The summed E-state index contributed by atoms with van der Waals surface area (Å²) in [5.74, 6) is 1.42. The first-order valence-electron chi connectivity index (χ1n) is 7.26. The van der Waals surface area contributed by atoms with Gasteiger partial charge in [0.25, 0.3) is 5.69 Å². The zero-order chi connectivity index (χ0) is 17.6. The lowest BCUT2D eigenvalue weighted by Gasteiger charge is -2.07. The van der Waals surface area contributed by atoms with Gasteiger partial charge in [-0.1, -0.05) is 36.4 Å². The normalized spacial score (nSPS) is 11.4. The molecule has 8 heteroatoms. The maximum Gasteiger partial charge on any atom is 0.273 e. The molecule has 2 aromatic carbocycles. The van der Waals surface area contributed by atoms with Crippen molar-refractivity contribution in [3.63, 3.8) is 0 Å². The van der Waals surface area contributed by atoms with Gasteiger partial charge in [-0.05, 0) is 18.6 Å². The molecule has 0 saturated heterocycles.